The van der Waals surface area contributed by atoms with E-state index in [2.05, 4.69) is 20.6 Å². The van der Waals surface area contributed by atoms with Crippen LogP contribution >= 0.6 is 11.3 Å². The van der Waals surface area contributed by atoms with Gasteiger partial charge in [0, 0.05) is 11.6 Å². The maximum absolute atomic E-state index is 11.9. The minimum atomic E-state index is -0.121. The highest BCUT2D eigenvalue weighted by Crippen LogP contribution is 2.41. The topological polar surface area (TPSA) is 72.7 Å². The summed E-state index contributed by atoms with van der Waals surface area (Å²) in [6, 6.07) is 1.95. The summed E-state index contributed by atoms with van der Waals surface area (Å²) in [5, 5.41) is 16.7. The van der Waals surface area contributed by atoms with E-state index in [0.29, 0.717) is 11.0 Å². The van der Waals surface area contributed by atoms with Gasteiger partial charge in [0.05, 0.1) is 5.69 Å². The number of nitrogens with one attached hydrogen (secondary N) is 1. The predicted octanol–water partition coefficient (Wildman–Crippen LogP) is 1.87. The molecule has 3 rings (SSSR count). The van der Waals surface area contributed by atoms with Crippen molar-refractivity contribution in [3.63, 3.8) is 0 Å². The molecule has 19 heavy (non-hydrogen) atoms. The van der Waals surface area contributed by atoms with Gasteiger partial charge in [-0.2, -0.15) is 5.10 Å². The third-order valence-corrected chi connectivity index (χ3v) is 4.01. The maximum Gasteiger partial charge on any atom is 0.247 e. The zero-order valence-electron chi connectivity index (χ0n) is 10.9. The predicted molar refractivity (Wildman–Crippen MR) is 72.2 cm³/mol. The number of rotatable bonds is 4. The van der Waals surface area contributed by atoms with Crippen LogP contribution in [-0.2, 0) is 11.3 Å². The highest BCUT2D eigenvalue weighted by atomic mass is 32.1. The molecule has 1 saturated carbocycles. The van der Waals surface area contributed by atoms with Crippen LogP contribution < -0.4 is 5.32 Å². The molecule has 1 fully saturated rings. The van der Waals surface area contributed by atoms with Crippen LogP contribution in [0.2, 0.25) is 0 Å². The Morgan fingerprint density at radius 3 is 2.89 bits per heavy atom. The Balaban J connectivity index is 1.62. The van der Waals surface area contributed by atoms with Gasteiger partial charge in [0.15, 0.2) is 0 Å². The lowest BCUT2D eigenvalue weighted by Crippen LogP contribution is -2.20. The van der Waals surface area contributed by atoms with Gasteiger partial charge in [-0.15, -0.1) is 10.2 Å². The van der Waals surface area contributed by atoms with Gasteiger partial charge >= 0.3 is 0 Å². The number of aromatic nitrogens is 4. The first-order chi connectivity index (χ1) is 9.11. The second kappa shape index (κ2) is 4.73. The van der Waals surface area contributed by atoms with Crippen molar-refractivity contribution in [2.75, 3.05) is 5.32 Å². The summed E-state index contributed by atoms with van der Waals surface area (Å²) in [6.07, 6.45) is 2.38. The zero-order valence-corrected chi connectivity index (χ0v) is 11.7. The van der Waals surface area contributed by atoms with E-state index in [4.69, 9.17) is 0 Å². The van der Waals surface area contributed by atoms with E-state index in [0.717, 1.165) is 16.4 Å². The molecule has 0 spiro atoms. The first kappa shape index (κ1) is 12.3. The molecule has 0 unspecified atom stereocenters. The molecule has 0 saturated heterocycles. The van der Waals surface area contributed by atoms with Crippen molar-refractivity contribution >= 4 is 22.4 Å². The molecule has 2 aromatic heterocycles. The SMILES string of the molecule is Cc1cc(C)n(CC(=O)Nc2nnc(C3CC3)s2)n1. The molecule has 0 aromatic carbocycles. The summed E-state index contributed by atoms with van der Waals surface area (Å²) in [5.74, 6) is 0.448. The van der Waals surface area contributed by atoms with Crippen LogP contribution in [0.3, 0.4) is 0 Å². The smallest absolute Gasteiger partial charge is 0.247 e. The van der Waals surface area contributed by atoms with Crippen molar-refractivity contribution in [1.82, 2.24) is 20.0 Å². The summed E-state index contributed by atoms with van der Waals surface area (Å²) in [4.78, 5) is 11.9. The lowest BCUT2D eigenvalue weighted by Gasteiger charge is -2.03. The van der Waals surface area contributed by atoms with Gasteiger partial charge in [-0.3, -0.25) is 14.8 Å². The Kier molecular flexibility index (Phi) is 3.06. The van der Waals surface area contributed by atoms with E-state index >= 15 is 0 Å². The van der Waals surface area contributed by atoms with Gasteiger partial charge in [-0.25, -0.2) is 0 Å². The molecule has 0 atom stereocenters. The quantitative estimate of drug-likeness (QED) is 0.926. The van der Waals surface area contributed by atoms with Gasteiger partial charge < -0.3 is 0 Å². The first-order valence-electron chi connectivity index (χ1n) is 6.26. The highest BCUT2D eigenvalue weighted by molar-refractivity contribution is 7.15. The minimum absolute atomic E-state index is 0.121. The largest absolute Gasteiger partial charge is 0.299 e. The fourth-order valence-electron chi connectivity index (χ4n) is 1.91. The van der Waals surface area contributed by atoms with Gasteiger partial charge in [0.2, 0.25) is 11.0 Å². The fourth-order valence-corrected chi connectivity index (χ4v) is 2.84. The minimum Gasteiger partial charge on any atom is -0.299 e. The second-order valence-corrected chi connectivity index (χ2v) is 5.86. The van der Waals surface area contributed by atoms with E-state index in [9.17, 15) is 4.79 Å². The van der Waals surface area contributed by atoms with Crippen molar-refractivity contribution in [2.24, 2.45) is 0 Å². The molecule has 0 bridgehead atoms. The van der Waals surface area contributed by atoms with E-state index in [1.165, 1.54) is 24.2 Å². The Morgan fingerprint density at radius 1 is 1.47 bits per heavy atom. The van der Waals surface area contributed by atoms with Crippen molar-refractivity contribution in [3.8, 4) is 0 Å². The summed E-state index contributed by atoms with van der Waals surface area (Å²) in [5.41, 5.74) is 1.89. The molecule has 7 heteroatoms. The number of hydrogen-bond donors (Lipinski definition) is 1. The van der Waals surface area contributed by atoms with Crippen LogP contribution in [0.4, 0.5) is 5.13 Å². The number of hydrogen-bond acceptors (Lipinski definition) is 5. The summed E-state index contributed by atoms with van der Waals surface area (Å²) in [6.45, 7) is 4.05. The van der Waals surface area contributed by atoms with Crippen LogP contribution in [0.25, 0.3) is 0 Å². The molecule has 0 radical (unpaired) electrons. The summed E-state index contributed by atoms with van der Waals surface area (Å²) < 4.78 is 1.69. The molecule has 2 heterocycles. The second-order valence-electron chi connectivity index (χ2n) is 4.85. The average Bonchev–Trinajstić information content (AvgIpc) is 3.01. The van der Waals surface area contributed by atoms with Gasteiger partial charge in [0.1, 0.15) is 11.6 Å². The Morgan fingerprint density at radius 2 is 2.26 bits per heavy atom. The third kappa shape index (κ3) is 2.81. The number of amides is 1. The van der Waals surface area contributed by atoms with Crippen LogP contribution in [0.5, 0.6) is 0 Å². The highest BCUT2D eigenvalue weighted by Gasteiger charge is 2.27. The number of carbonyl (C=O) groups is 1. The van der Waals surface area contributed by atoms with E-state index < -0.39 is 0 Å². The van der Waals surface area contributed by atoms with Crippen molar-refractivity contribution in [3.05, 3.63) is 22.5 Å². The van der Waals surface area contributed by atoms with Crippen LogP contribution in [0, 0.1) is 13.8 Å². The van der Waals surface area contributed by atoms with Crippen molar-refractivity contribution in [2.45, 2.75) is 39.2 Å². The lowest BCUT2D eigenvalue weighted by atomic mass is 10.4. The number of aryl methyl sites for hydroxylation is 2. The standard InChI is InChI=1S/C12H15N5OS/c1-7-5-8(2)17(16-7)6-10(18)13-12-15-14-11(19-12)9-3-4-9/h5,9H,3-4,6H2,1-2H3,(H,13,15,18). The molecular formula is C12H15N5OS. The molecule has 1 aliphatic rings. The van der Waals surface area contributed by atoms with Gasteiger partial charge in [-0.1, -0.05) is 11.3 Å². The van der Waals surface area contributed by atoms with E-state index in [-0.39, 0.29) is 12.5 Å². The fraction of sp³-hybridized carbons (Fsp3) is 0.500. The summed E-state index contributed by atoms with van der Waals surface area (Å²) >= 11 is 1.47. The third-order valence-electron chi connectivity index (χ3n) is 3.01. The number of anilines is 1. The summed E-state index contributed by atoms with van der Waals surface area (Å²) in [7, 11) is 0. The van der Waals surface area contributed by atoms with Crippen LogP contribution in [-0.4, -0.2) is 25.9 Å². The van der Waals surface area contributed by atoms with Crippen molar-refractivity contribution < 1.29 is 4.79 Å². The maximum atomic E-state index is 11.9. The first-order valence-corrected chi connectivity index (χ1v) is 7.08. The molecule has 1 aliphatic carbocycles. The molecule has 1 amide bonds. The lowest BCUT2D eigenvalue weighted by molar-refractivity contribution is -0.116. The zero-order chi connectivity index (χ0) is 13.4. The van der Waals surface area contributed by atoms with Crippen LogP contribution in [0.15, 0.2) is 6.07 Å². The number of nitrogens with zero attached hydrogens (tertiary/aromatic N) is 4. The Hall–Kier alpha value is -1.76. The molecule has 0 aliphatic heterocycles. The van der Waals surface area contributed by atoms with Crippen LogP contribution in [0.1, 0.15) is 35.2 Å². The van der Waals surface area contributed by atoms with Crippen molar-refractivity contribution in [1.29, 1.82) is 0 Å². The normalized spacial score (nSPS) is 14.6. The average molecular weight is 277 g/mol. The Bertz CT molecular complexity index is 613. The molecule has 2 aromatic rings. The van der Waals surface area contributed by atoms with Gasteiger partial charge in [0.25, 0.3) is 0 Å². The number of carbonyl (C=O) groups excluding carboxylic acids is 1. The molecule has 6 nitrogen and oxygen atoms in total. The van der Waals surface area contributed by atoms with E-state index in [1.54, 1.807) is 4.68 Å². The monoisotopic (exact) mass is 277 g/mol. The molecule has 100 valence electrons. The van der Waals surface area contributed by atoms with Gasteiger partial charge in [-0.05, 0) is 32.8 Å². The molecule has 1 N–H and O–H groups in total. The molecular weight excluding hydrogens is 262 g/mol. The Labute approximate surface area is 114 Å². The van der Waals surface area contributed by atoms with E-state index in [1.807, 2.05) is 19.9 Å².